The van der Waals surface area contributed by atoms with Crippen LogP contribution in [0, 0.1) is 25.2 Å². The predicted molar refractivity (Wildman–Crippen MR) is 82.7 cm³/mol. The molecule has 0 bridgehead atoms. The summed E-state index contributed by atoms with van der Waals surface area (Å²) in [6.45, 7) is 4.74. The molecular formula is C16H18N4O. The summed E-state index contributed by atoms with van der Waals surface area (Å²) in [6, 6.07) is 11.6. The number of aryl methyl sites for hydroxylation is 2. The Balaban J connectivity index is 2.28. The molecule has 0 atom stereocenters. The van der Waals surface area contributed by atoms with E-state index in [0.717, 1.165) is 22.7 Å². The summed E-state index contributed by atoms with van der Waals surface area (Å²) in [6.07, 6.45) is 0. The molecule has 21 heavy (non-hydrogen) atoms. The fourth-order valence-corrected chi connectivity index (χ4v) is 2.05. The lowest BCUT2D eigenvalue weighted by Crippen LogP contribution is -2.10. The molecule has 2 aromatic rings. The topological polar surface area (TPSA) is 84.0 Å². The lowest BCUT2D eigenvalue weighted by molar-refractivity contribution is 0.328. The van der Waals surface area contributed by atoms with Crippen molar-refractivity contribution < 1.29 is 4.74 Å². The zero-order chi connectivity index (χ0) is 15.2. The number of aromatic nitrogens is 1. The number of hydrogen-bond acceptors (Lipinski definition) is 5. The molecule has 0 saturated carbocycles. The highest BCUT2D eigenvalue weighted by molar-refractivity contribution is 5.65. The first-order valence-electron chi connectivity index (χ1n) is 6.72. The number of nitriles is 1. The van der Waals surface area contributed by atoms with Gasteiger partial charge in [0.1, 0.15) is 24.2 Å². The molecule has 0 aliphatic rings. The molecular weight excluding hydrogens is 264 g/mol. The van der Waals surface area contributed by atoms with Crippen LogP contribution < -0.4 is 15.8 Å². The summed E-state index contributed by atoms with van der Waals surface area (Å²) in [5, 5.41) is 12.4. The Morgan fingerprint density at radius 1 is 1.33 bits per heavy atom. The van der Waals surface area contributed by atoms with E-state index in [1.54, 1.807) is 0 Å². The second-order valence-electron chi connectivity index (χ2n) is 4.71. The number of pyridine rings is 1. The van der Waals surface area contributed by atoms with Crippen LogP contribution >= 0.6 is 0 Å². The fraction of sp³-hybridized carbons (Fsp3) is 0.250. The normalized spacial score (nSPS) is 10.0. The third-order valence-electron chi connectivity index (χ3n) is 2.94. The summed E-state index contributed by atoms with van der Waals surface area (Å²) >= 11 is 0. The van der Waals surface area contributed by atoms with Crippen LogP contribution in [0.4, 0.5) is 11.5 Å². The van der Waals surface area contributed by atoms with Crippen molar-refractivity contribution in [2.75, 3.05) is 18.5 Å². The van der Waals surface area contributed by atoms with Crippen LogP contribution in [-0.2, 0) is 0 Å². The van der Waals surface area contributed by atoms with E-state index >= 15 is 0 Å². The zero-order valence-corrected chi connectivity index (χ0v) is 12.2. The Morgan fingerprint density at radius 3 is 2.86 bits per heavy atom. The first kappa shape index (κ1) is 14.8. The standard InChI is InChI=1S/C16H18N4O/c1-11-8-12(2)19-16(15(11)10-18)20-13-4-3-5-14(9-13)21-7-6-17/h3-5,8-9H,6-7,17H2,1-2H3,(H,19,20). The van der Waals surface area contributed by atoms with Crippen LogP contribution in [0.2, 0.25) is 0 Å². The molecule has 0 unspecified atom stereocenters. The quantitative estimate of drug-likeness (QED) is 0.880. The highest BCUT2D eigenvalue weighted by Gasteiger charge is 2.09. The molecule has 5 nitrogen and oxygen atoms in total. The Labute approximate surface area is 124 Å². The van der Waals surface area contributed by atoms with Crippen molar-refractivity contribution >= 4 is 11.5 Å². The number of nitrogens with two attached hydrogens (primary N) is 1. The van der Waals surface area contributed by atoms with Crippen molar-refractivity contribution in [1.82, 2.24) is 4.98 Å². The van der Waals surface area contributed by atoms with Crippen LogP contribution in [-0.4, -0.2) is 18.1 Å². The largest absolute Gasteiger partial charge is 0.492 e. The van der Waals surface area contributed by atoms with Gasteiger partial charge in [-0.25, -0.2) is 4.98 Å². The van der Waals surface area contributed by atoms with Crippen molar-refractivity contribution in [3.05, 3.63) is 47.2 Å². The predicted octanol–water partition coefficient (Wildman–Crippen LogP) is 2.65. The smallest absolute Gasteiger partial charge is 0.148 e. The van der Waals surface area contributed by atoms with Gasteiger partial charge in [0, 0.05) is 24.0 Å². The summed E-state index contributed by atoms with van der Waals surface area (Å²) in [7, 11) is 0. The fourth-order valence-electron chi connectivity index (χ4n) is 2.05. The lowest BCUT2D eigenvalue weighted by atomic mass is 10.1. The van der Waals surface area contributed by atoms with Crippen LogP contribution in [0.1, 0.15) is 16.8 Å². The number of ether oxygens (including phenoxy) is 1. The van der Waals surface area contributed by atoms with Crippen molar-refractivity contribution in [3.63, 3.8) is 0 Å². The molecule has 2 rings (SSSR count). The van der Waals surface area contributed by atoms with E-state index in [9.17, 15) is 5.26 Å². The van der Waals surface area contributed by atoms with Gasteiger partial charge in [-0.15, -0.1) is 0 Å². The number of nitrogens with zero attached hydrogens (tertiary/aromatic N) is 2. The molecule has 3 N–H and O–H groups in total. The van der Waals surface area contributed by atoms with Crippen molar-refractivity contribution in [1.29, 1.82) is 5.26 Å². The van der Waals surface area contributed by atoms with Gasteiger partial charge in [-0.1, -0.05) is 6.07 Å². The SMILES string of the molecule is Cc1cc(C)c(C#N)c(Nc2cccc(OCCN)c2)n1. The highest BCUT2D eigenvalue weighted by atomic mass is 16.5. The first-order chi connectivity index (χ1) is 10.1. The van der Waals surface area contributed by atoms with E-state index in [1.165, 1.54) is 0 Å². The van der Waals surface area contributed by atoms with Crippen LogP contribution in [0.15, 0.2) is 30.3 Å². The van der Waals surface area contributed by atoms with Gasteiger partial charge in [-0.3, -0.25) is 0 Å². The number of anilines is 2. The van der Waals surface area contributed by atoms with Gasteiger partial charge in [0.15, 0.2) is 0 Å². The van der Waals surface area contributed by atoms with E-state index in [1.807, 2.05) is 44.2 Å². The number of hydrogen-bond donors (Lipinski definition) is 2. The zero-order valence-electron chi connectivity index (χ0n) is 12.2. The third kappa shape index (κ3) is 3.71. The van der Waals surface area contributed by atoms with Gasteiger partial charge in [0.05, 0.1) is 5.56 Å². The molecule has 0 radical (unpaired) electrons. The summed E-state index contributed by atoms with van der Waals surface area (Å²) in [5.74, 6) is 1.29. The number of nitrogens with one attached hydrogen (secondary N) is 1. The molecule has 0 fully saturated rings. The Morgan fingerprint density at radius 2 is 2.14 bits per heavy atom. The summed E-state index contributed by atoms with van der Waals surface area (Å²) in [5.41, 5.74) is 8.56. The molecule has 1 aromatic heterocycles. The molecule has 1 heterocycles. The van der Waals surface area contributed by atoms with Gasteiger partial charge in [0.25, 0.3) is 0 Å². The van der Waals surface area contributed by atoms with Crippen LogP contribution in [0.25, 0.3) is 0 Å². The van der Waals surface area contributed by atoms with E-state index < -0.39 is 0 Å². The van der Waals surface area contributed by atoms with Crippen LogP contribution in [0.3, 0.4) is 0 Å². The van der Waals surface area contributed by atoms with Gasteiger partial charge in [0.2, 0.25) is 0 Å². The minimum Gasteiger partial charge on any atom is -0.492 e. The molecule has 0 amide bonds. The monoisotopic (exact) mass is 282 g/mol. The minimum atomic E-state index is 0.467. The number of rotatable bonds is 5. The van der Waals surface area contributed by atoms with Gasteiger partial charge >= 0.3 is 0 Å². The molecule has 108 valence electrons. The lowest BCUT2D eigenvalue weighted by Gasteiger charge is -2.11. The van der Waals surface area contributed by atoms with Gasteiger partial charge in [-0.2, -0.15) is 5.26 Å². The second-order valence-corrected chi connectivity index (χ2v) is 4.71. The maximum atomic E-state index is 9.27. The summed E-state index contributed by atoms with van der Waals surface area (Å²) < 4.78 is 5.49. The minimum absolute atomic E-state index is 0.467. The molecule has 5 heteroatoms. The second kappa shape index (κ2) is 6.73. The average Bonchev–Trinajstić information content (AvgIpc) is 2.45. The van der Waals surface area contributed by atoms with Crippen molar-refractivity contribution in [2.45, 2.75) is 13.8 Å². The van der Waals surface area contributed by atoms with Crippen molar-refractivity contribution in [3.8, 4) is 11.8 Å². The maximum Gasteiger partial charge on any atom is 0.148 e. The van der Waals surface area contributed by atoms with Gasteiger partial charge in [-0.05, 0) is 37.6 Å². The molecule has 0 aliphatic carbocycles. The van der Waals surface area contributed by atoms with E-state index in [2.05, 4.69) is 16.4 Å². The third-order valence-corrected chi connectivity index (χ3v) is 2.94. The maximum absolute atomic E-state index is 9.27. The van der Waals surface area contributed by atoms with E-state index in [-0.39, 0.29) is 0 Å². The average molecular weight is 282 g/mol. The highest BCUT2D eigenvalue weighted by Crippen LogP contribution is 2.24. The molecule has 0 spiro atoms. The molecule has 0 saturated heterocycles. The molecule has 1 aromatic carbocycles. The first-order valence-corrected chi connectivity index (χ1v) is 6.72. The van der Waals surface area contributed by atoms with Gasteiger partial charge < -0.3 is 15.8 Å². The molecule has 0 aliphatic heterocycles. The Bertz CT molecular complexity index is 676. The Kier molecular flexibility index (Phi) is 4.75. The van der Waals surface area contributed by atoms with Crippen LogP contribution in [0.5, 0.6) is 5.75 Å². The summed E-state index contributed by atoms with van der Waals surface area (Å²) in [4.78, 5) is 4.40. The number of benzene rings is 1. The van der Waals surface area contributed by atoms with E-state index in [0.29, 0.717) is 24.5 Å². The Hall–Kier alpha value is -2.58. The van der Waals surface area contributed by atoms with Crippen molar-refractivity contribution in [2.24, 2.45) is 5.73 Å². The van der Waals surface area contributed by atoms with E-state index in [4.69, 9.17) is 10.5 Å².